The fourth-order valence-electron chi connectivity index (χ4n) is 1.69. The van der Waals surface area contributed by atoms with Gasteiger partial charge in [-0.15, -0.1) is 11.3 Å². The van der Waals surface area contributed by atoms with E-state index in [1.807, 2.05) is 23.7 Å². The minimum atomic E-state index is 0.139. The molecule has 0 spiro atoms. The Balaban J connectivity index is 2.25. The average Bonchev–Trinajstić information content (AvgIpc) is 2.86. The van der Waals surface area contributed by atoms with Crippen LogP contribution in [0.15, 0.2) is 23.7 Å². The number of aromatic amines is 1. The van der Waals surface area contributed by atoms with Crippen LogP contribution in [0.1, 0.15) is 25.5 Å². The molecule has 4 heteroatoms. The maximum atomic E-state index is 9.35. The smallest absolute Gasteiger partial charge is 0.139 e. The highest BCUT2D eigenvalue weighted by Crippen LogP contribution is 2.29. The van der Waals surface area contributed by atoms with E-state index in [0.29, 0.717) is 5.92 Å². The van der Waals surface area contributed by atoms with E-state index < -0.39 is 0 Å². The number of hydrogen-bond donors (Lipinski definition) is 2. The molecule has 2 N–H and O–H groups in total. The van der Waals surface area contributed by atoms with Crippen molar-refractivity contribution < 1.29 is 5.11 Å². The molecule has 1 unspecified atom stereocenters. The molecule has 0 bridgehead atoms. The molecule has 0 aliphatic carbocycles. The molecule has 2 heterocycles. The van der Waals surface area contributed by atoms with Crippen LogP contribution in [0.3, 0.4) is 0 Å². The Labute approximate surface area is 99.2 Å². The molecule has 0 fully saturated rings. The van der Waals surface area contributed by atoms with Crippen molar-refractivity contribution in [2.45, 2.75) is 19.8 Å². The van der Waals surface area contributed by atoms with Crippen molar-refractivity contribution >= 4 is 11.3 Å². The number of rotatable bonds is 4. The molecule has 0 saturated carbocycles. The van der Waals surface area contributed by atoms with E-state index in [-0.39, 0.29) is 12.5 Å². The fourth-order valence-corrected chi connectivity index (χ4v) is 2.56. The van der Waals surface area contributed by atoms with Crippen LogP contribution in [0.25, 0.3) is 10.7 Å². The topological polar surface area (TPSA) is 48.9 Å². The van der Waals surface area contributed by atoms with Gasteiger partial charge in [-0.25, -0.2) is 4.98 Å². The Hall–Kier alpha value is -1.13. The van der Waals surface area contributed by atoms with Crippen LogP contribution in [-0.4, -0.2) is 21.7 Å². The van der Waals surface area contributed by atoms with Crippen LogP contribution in [0.4, 0.5) is 0 Å². The maximum Gasteiger partial charge on any atom is 0.139 e. The number of hydrogen-bond acceptors (Lipinski definition) is 3. The number of thiazole rings is 1. The van der Waals surface area contributed by atoms with Gasteiger partial charge in [0.15, 0.2) is 0 Å². The maximum absolute atomic E-state index is 9.35. The molecule has 0 amide bonds. The molecule has 1 atom stereocenters. The summed E-state index contributed by atoms with van der Waals surface area (Å²) in [5, 5.41) is 12.4. The molecule has 16 heavy (non-hydrogen) atoms. The first-order valence-corrected chi connectivity index (χ1v) is 6.30. The lowest BCUT2D eigenvalue weighted by atomic mass is 9.94. The van der Waals surface area contributed by atoms with Crippen molar-refractivity contribution in [3.05, 3.63) is 29.4 Å². The molecular weight excluding hydrogens is 220 g/mol. The highest BCUT2D eigenvalue weighted by atomic mass is 32.1. The largest absolute Gasteiger partial charge is 0.396 e. The number of aromatic nitrogens is 2. The van der Waals surface area contributed by atoms with Gasteiger partial charge in [0.1, 0.15) is 5.01 Å². The van der Waals surface area contributed by atoms with Gasteiger partial charge in [0.25, 0.3) is 0 Å². The normalized spacial score (nSPS) is 13.2. The summed E-state index contributed by atoms with van der Waals surface area (Å²) in [6.07, 6.45) is 1.89. The van der Waals surface area contributed by atoms with Crippen LogP contribution in [-0.2, 0) is 0 Å². The average molecular weight is 236 g/mol. The lowest BCUT2D eigenvalue weighted by Gasteiger charge is -2.15. The van der Waals surface area contributed by atoms with Crippen LogP contribution in [0.5, 0.6) is 0 Å². The lowest BCUT2D eigenvalue weighted by Crippen LogP contribution is -2.11. The summed E-state index contributed by atoms with van der Waals surface area (Å²) in [7, 11) is 0. The van der Waals surface area contributed by atoms with Crippen molar-refractivity contribution in [2.75, 3.05) is 6.61 Å². The van der Waals surface area contributed by atoms with E-state index in [4.69, 9.17) is 0 Å². The lowest BCUT2D eigenvalue weighted by molar-refractivity contribution is 0.235. The number of aliphatic hydroxyl groups excluding tert-OH is 1. The Morgan fingerprint density at radius 2 is 2.31 bits per heavy atom. The van der Waals surface area contributed by atoms with E-state index in [1.165, 1.54) is 0 Å². The standard InChI is InChI=1S/C12H16N2OS/c1-8(2)9(6-15)11-7-16-12(14-11)10-4-3-5-13-10/h3-5,7-9,13,15H,6H2,1-2H3. The monoisotopic (exact) mass is 236 g/mol. The molecule has 0 aromatic carbocycles. The summed E-state index contributed by atoms with van der Waals surface area (Å²) >= 11 is 1.61. The fraction of sp³-hybridized carbons (Fsp3) is 0.417. The van der Waals surface area contributed by atoms with Crippen LogP contribution >= 0.6 is 11.3 Å². The van der Waals surface area contributed by atoms with Crippen molar-refractivity contribution in [1.29, 1.82) is 0 Å². The van der Waals surface area contributed by atoms with E-state index in [9.17, 15) is 5.11 Å². The molecule has 2 aromatic heterocycles. The van der Waals surface area contributed by atoms with Crippen molar-refractivity contribution in [1.82, 2.24) is 9.97 Å². The number of aliphatic hydroxyl groups is 1. The molecular formula is C12H16N2OS. The number of nitrogens with zero attached hydrogens (tertiary/aromatic N) is 1. The Kier molecular flexibility index (Phi) is 3.41. The second-order valence-electron chi connectivity index (χ2n) is 4.19. The van der Waals surface area contributed by atoms with Crippen LogP contribution in [0.2, 0.25) is 0 Å². The summed E-state index contributed by atoms with van der Waals surface area (Å²) in [5.74, 6) is 0.545. The second-order valence-corrected chi connectivity index (χ2v) is 5.05. The van der Waals surface area contributed by atoms with E-state index in [2.05, 4.69) is 23.8 Å². The van der Waals surface area contributed by atoms with Gasteiger partial charge >= 0.3 is 0 Å². The van der Waals surface area contributed by atoms with Gasteiger partial charge in [-0.1, -0.05) is 13.8 Å². The quantitative estimate of drug-likeness (QED) is 0.857. The summed E-state index contributed by atoms with van der Waals surface area (Å²) in [6, 6.07) is 3.97. The highest BCUT2D eigenvalue weighted by molar-refractivity contribution is 7.13. The van der Waals surface area contributed by atoms with E-state index in [0.717, 1.165) is 16.4 Å². The second kappa shape index (κ2) is 4.80. The minimum absolute atomic E-state index is 0.139. The first kappa shape index (κ1) is 11.4. The van der Waals surface area contributed by atoms with Crippen molar-refractivity contribution in [3.63, 3.8) is 0 Å². The molecule has 0 aliphatic heterocycles. The number of H-pyrrole nitrogens is 1. The minimum Gasteiger partial charge on any atom is -0.396 e. The van der Waals surface area contributed by atoms with Gasteiger partial charge in [-0.2, -0.15) is 0 Å². The highest BCUT2D eigenvalue weighted by Gasteiger charge is 2.18. The summed E-state index contributed by atoms with van der Waals surface area (Å²) in [6.45, 7) is 4.37. The third kappa shape index (κ3) is 2.18. The summed E-state index contributed by atoms with van der Waals surface area (Å²) in [4.78, 5) is 7.71. The third-order valence-electron chi connectivity index (χ3n) is 2.73. The van der Waals surface area contributed by atoms with E-state index in [1.54, 1.807) is 11.3 Å². The third-order valence-corrected chi connectivity index (χ3v) is 3.63. The van der Waals surface area contributed by atoms with E-state index >= 15 is 0 Å². The predicted octanol–water partition coefficient (Wildman–Crippen LogP) is 2.87. The zero-order chi connectivity index (χ0) is 11.5. The Morgan fingerprint density at radius 1 is 1.50 bits per heavy atom. The van der Waals surface area contributed by atoms with Gasteiger partial charge in [-0.3, -0.25) is 0 Å². The SMILES string of the molecule is CC(C)C(CO)c1csc(-c2ccc[nH]2)n1. The molecule has 0 saturated heterocycles. The van der Waals surface area contributed by atoms with Gasteiger partial charge < -0.3 is 10.1 Å². The summed E-state index contributed by atoms with van der Waals surface area (Å²) < 4.78 is 0. The van der Waals surface area contributed by atoms with Gasteiger partial charge in [0, 0.05) is 17.5 Å². The Bertz CT molecular complexity index is 434. The molecule has 0 aliphatic rings. The first-order valence-electron chi connectivity index (χ1n) is 5.42. The van der Waals surface area contributed by atoms with Gasteiger partial charge in [0.2, 0.25) is 0 Å². The summed E-state index contributed by atoms with van der Waals surface area (Å²) in [5.41, 5.74) is 2.03. The molecule has 2 aromatic rings. The number of nitrogens with one attached hydrogen (secondary N) is 1. The van der Waals surface area contributed by atoms with Crippen LogP contribution in [0, 0.1) is 5.92 Å². The van der Waals surface area contributed by atoms with Crippen LogP contribution < -0.4 is 0 Å². The van der Waals surface area contributed by atoms with Crippen molar-refractivity contribution in [2.24, 2.45) is 5.92 Å². The predicted molar refractivity (Wildman–Crippen MR) is 66.6 cm³/mol. The zero-order valence-corrected chi connectivity index (χ0v) is 10.3. The molecule has 86 valence electrons. The first-order chi connectivity index (χ1) is 7.72. The Morgan fingerprint density at radius 3 is 2.88 bits per heavy atom. The molecule has 0 radical (unpaired) electrons. The van der Waals surface area contributed by atoms with Crippen molar-refractivity contribution in [3.8, 4) is 10.7 Å². The molecule has 3 nitrogen and oxygen atoms in total. The zero-order valence-electron chi connectivity index (χ0n) is 9.47. The van der Waals surface area contributed by atoms with Gasteiger partial charge in [0.05, 0.1) is 18.0 Å². The van der Waals surface area contributed by atoms with Gasteiger partial charge in [-0.05, 0) is 18.1 Å². The molecule has 2 rings (SSSR count).